The number of aryl methyl sites for hydroxylation is 1. The highest BCUT2D eigenvalue weighted by Crippen LogP contribution is 2.34. The third kappa shape index (κ3) is 10.2. The van der Waals surface area contributed by atoms with E-state index < -0.39 is 41.2 Å². The SMILES string of the molecule is CCOC(=O)CCNC(=O)C(c1ccccc1C)N(C(=O)C(NC(=O)OC(C)(C)C)C(C)CC)C(C)(C)CC. The molecule has 9 nitrogen and oxygen atoms in total. The van der Waals surface area contributed by atoms with Gasteiger partial charge >= 0.3 is 12.1 Å². The summed E-state index contributed by atoms with van der Waals surface area (Å²) < 4.78 is 10.4. The van der Waals surface area contributed by atoms with E-state index in [0.29, 0.717) is 18.4 Å². The minimum atomic E-state index is -0.997. The van der Waals surface area contributed by atoms with E-state index in [1.165, 1.54) is 0 Å². The average Bonchev–Trinajstić information content (AvgIpc) is 2.84. The lowest BCUT2D eigenvalue weighted by atomic mass is 9.88. The third-order valence-corrected chi connectivity index (χ3v) is 6.83. The van der Waals surface area contributed by atoms with Crippen molar-refractivity contribution in [2.45, 2.75) is 112 Å². The molecular weight excluding hydrogens is 498 g/mol. The summed E-state index contributed by atoms with van der Waals surface area (Å²) in [6.07, 6.45) is 0.493. The maximum atomic E-state index is 14.4. The van der Waals surface area contributed by atoms with Crippen molar-refractivity contribution in [2.75, 3.05) is 13.2 Å². The molecule has 1 aromatic carbocycles. The summed E-state index contributed by atoms with van der Waals surface area (Å²) in [5.41, 5.74) is 0.0103. The highest BCUT2D eigenvalue weighted by molar-refractivity contribution is 5.93. The minimum Gasteiger partial charge on any atom is -0.466 e. The van der Waals surface area contributed by atoms with Crippen molar-refractivity contribution in [2.24, 2.45) is 5.92 Å². The number of hydrogen-bond donors (Lipinski definition) is 2. The van der Waals surface area contributed by atoms with Crippen LogP contribution in [0.15, 0.2) is 24.3 Å². The first-order valence-corrected chi connectivity index (χ1v) is 13.9. The number of carbonyl (C=O) groups is 4. The average molecular weight is 548 g/mol. The molecule has 3 atom stereocenters. The topological polar surface area (TPSA) is 114 Å². The van der Waals surface area contributed by atoms with Crippen LogP contribution in [0.3, 0.4) is 0 Å². The molecule has 0 aliphatic carbocycles. The van der Waals surface area contributed by atoms with Gasteiger partial charge in [0.2, 0.25) is 11.8 Å². The van der Waals surface area contributed by atoms with E-state index in [1.54, 1.807) is 32.6 Å². The van der Waals surface area contributed by atoms with Crippen LogP contribution in [0.2, 0.25) is 0 Å². The van der Waals surface area contributed by atoms with Gasteiger partial charge in [-0.1, -0.05) is 51.5 Å². The van der Waals surface area contributed by atoms with Gasteiger partial charge in [-0.15, -0.1) is 0 Å². The van der Waals surface area contributed by atoms with Crippen molar-refractivity contribution >= 4 is 23.9 Å². The van der Waals surface area contributed by atoms with Gasteiger partial charge in [0.05, 0.1) is 13.0 Å². The van der Waals surface area contributed by atoms with Crippen molar-refractivity contribution in [1.82, 2.24) is 15.5 Å². The largest absolute Gasteiger partial charge is 0.466 e. The molecule has 39 heavy (non-hydrogen) atoms. The number of hydrogen-bond acceptors (Lipinski definition) is 6. The number of amides is 3. The molecule has 9 heteroatoms. The standard InChI is InChI=1S/C30H49N3O6/c1-11-20(4)24(32-28(37)39-29(6,7)8)27(36)33(30(9,10)12-2)25(22-17-15-14-16-21(22)5)26(35)31-19-18-23(34)38-13-3/h14-17,20,24-25H,11-13,18-19H2,1-10H3,(H,31,35)(H,32,37). The summed E-state index contributed by atoms with van der Waals surface area (Å²) in [4.78, 5) is 54.6. The molecule has 220 valence electrons. The lowest BCUT2D eigenvalue weighted by Crippen LogP contribution is -2.60. The van der Waals surface area contributed by atoms with Gasteiger partial charge in [-0.2, -0.15) is 0 Å². The van der Waals surface area contributed by atoms with Crippen molar-refractivity contribution in [1.29, 1.82) is 0 Å². The molecule has 1 aromatic rings. The number of carbonyl (C=O) groups excluding carboxylic acids is 4. The van der Waals surface area contributed by atoms with E-state index in [1.807, 2.05) is 65.8 Å². The van der Waals surface area contributed by atoms with Gasteiger partial charge in [0.25, 0.3) is 0 Å². The molecule has 0 saturated heterocycles. The second kappa shape index (κ2) is 14.9. The quantitative estimate of drug-likeness (QED) is 0.334. The Morgan fingerprint density at radius 1 is 1.00 bits per heavy atom. The highest BCUT2D eigenvalue weighted by atomic mass is 16.6. The first kappa shape index (κ1) is 33.9. The minimum absolute atomic E-state index is 0.0148. The second-order valence-corrected chi connectivity index (χ2v) is 11.5. The molecule has 0 spiro atoms. The molecule has 0 radical (unpaired) electrons. The van der Waals surface area contributed by atoms with Crippen molar-refractivity contribution in [3.63, 3.8) is 0 Å². The van der Waals surface area contributed by atoms with E-state index in [0.717, 1.165) is 5.56 Å². The Kier molecular flexibility index (Phi) is 13.0. The Bertz CT molecular complexity index is 985. The van der Waals surface area contributed by atoms with Gasteiger partial charge in [-0.3, -0.25) is 14.4 Å². The number of alkyl carbamates (subject to hydrolysis) is 1. The molecule has 0 aromatic heterocycles. The predicted octanol–water partition coefficient (Wildman–Crippen LogP) is 5.06. The normalized spacial score (nSPS) is 14.0. The summed E-state index contributed by atoms with van der Waals surface area (Å²) in [6, 6.07) is 5.50. The molecular formula is C30H49N3O6. The van der Waals surface area contributed by atoms with E-state index in [9.17, 15) is 19.2 Å². The van der Waals surface area contributed by atoms with Crippen LogP contribution >= 0.6 is 0 Å². The fraction of sp³-hybridized carbons (Fsp3) is 0.667. The molecule has 0 aliphatic rings. The number of benzene rings is 1. The highest BCUT2D eigenvalue weighted by Gasteiger charge is 2.44. The van der Waals surface area contributed by atoms with Crippen LogP contribution in [0.4, 0.5) is 4.79 Å². The molecule has 0 aliphatic heterocycles. The Morgan fingerprint density at radius 2 is 1.62 bits per heavy atom. The zero-order valence-corrected chi connectivity index (χ0v) is 25.5. The first-order valence-electron chi connectivity index (χ1n) is 13.9. The summed E-state index contributed by atoms with van der Waals surface area (Å²) in [6.45, 7) is 18.8. The van der Waals surface area contributed by atoms with Crippen molar-refractivity contribution in [3.05, 3.63) is 35.4 Å². The van der Waals surface area contributed by atoms with E-state index in [-0.39, 0.29) is 31.4 Å². The van der Waals surface area contributed by atoms with Gasteiger partial charge in [-0.05, 0) is 71.9 Å². The number of nitrogens with one attached hydrogen (secondary N) is 2. The zero-order chi connectivity index (χ0) is 30.0. The van der Waals surface area contributed by atoms with E-state index in [2.05, 4.69) is 10.6 Å². The van der Waals surface area contributed by atoms with Gasteiger partial charge in [0.1, 0.15) is 17.7 Å². The van der Waals surface area contributed by atoms with Gasteiger partial charge in [0, 0.05) is 12.1 Å². The summed E-state index contributed by atoms with van der Waals surface area (Å²) in [5, 5.41) is 5.63. The molecule has 0 saturated carbocycles. The molecule has 1 rings (SSSR count). The number of esters is 1. The zero-order valence-electron chi connectivity index (χ0n) is 25.5. The maximum Gasteiger partial charge on any atom is 0.408 e. The Morgan fingerprint density at radius 3 is 2.13 bits per heavy atom. The van der Waals surface area contributed by atoms with Crippen LogP contribution < -0.4 is 10.6 Å². The molecule has 0 fully saturated rings. The van der Waals surface area contributed by atoms with Crippen LogP contribution in [0.1, 0.15) is 98.7 Å². The van der Waals surface area contributed by atoms with Crippen molar-refractivity contribution < 1.29 is 28.7 Å². The van der Waals surface area contributed by atoms with Gasteiger partial charge in [-0.25, -0.2) is 4.79 Å². The fourth-order valence-electron chi connectivity index (χ4n) is 4.12. The van der Waals surface area contributed by atoms with E-state index >= 15 is 0 Å². The number of ether oxygens (including phenoxy) is 2. The van der Waals surface area contributed by atoms with Crippen LogP contribution in [-0.4, -0.2) is 59.1 Å². The summed E-state index contributed by atoms with van der Waals surface area (Å²) in [5.74, 6) is -1.44. The second-order valence-electron chi connectivity index (χ2n) is 11.5. The lowest BCUT2D eigenvalue weighted by Gasteiger charge is -2.45. The predicted molar refractivity (Wildman–Crippen MR) is 152 cm³/mol. The monoisotopic (exact) mass is 547 g/mol. The van der Waals surface area contributed by atoms with Gasteiger partial charge < -0.3 is 25.0 Å². The smallest absolute Gasteiger partial charge is 0.408 e. The van der Waals surface area contributed by atoms with Crippen molar-refractivity contribution in [3.8, 4) is 0 Å². The van der Waals surface area contributed by atoms with Crippen LogP contribution in [0, 0.1) is 12.8 Å². The number of nitrogens with zero attached hydrogens (tertiary/aromatic N) is 1. The Balaban J connectivity index is 3.60. The van der Waals surface area contributed by atoms with Crippen LogP contribution in [0.25, 0.3) is 0 Å². The molecule has 0 bridgehead atoms. The van der Waals surface area contributed by atoms with Gasteiger partial charge in [0.15, 0.2) is 0 Å². The first-order chi connectivity index (χ1) is 18.1. The summed E-state index contributed by atoms with van der Waals surface area (Å²) >= 11 is 0. The lowest BCUT2D eigenvalue weighted by molar-refractivity contribution is -0.150. The van der Waals surface area contributed by atoms with Crippen LogP contribution in [-0.2, 0) is 23.9 Å². The molecule has 2 N–H and O–H groups in total. The molecule has 3 unspecified atom stereocenters. The third-order valence-electron chi connectivity index (χ3n) is 6.83. The molecule has 3 amide bonds. The molecule has 0 heterocycles. The van der Waals surface area contributed by atoms with E-state index in [4.69, 9.17) is 9.47 Å². The maximum absolute atomic E-state index is 14.4. The fourth-order valence-corrected chi connectivity index (χ4v) is 4.12. The summed E-state index contributed by atoms with van der Waals surface area (Å²) in [7, 11) is 0. The number of rotatable bonds is 13. The Labute approximate surface area is 234 Å². The Hall–Kier alpha value is -3.10. The van der Waals surface area contributed by atoms with Crippen LogP contribution in [0.5, 0.6) is 0 Å².